The number of sulfone groups is 1. The average molecular weight is 431 g/mol. The molecule has 29 heavy (non-hydrogen) atoms. The summed E-state index contributed by atoms with van der Waals surface area (Å²) in [6.45, 7) is 0.179. The van der Waals surface area contributed by atoms with Gasteiger partial charge in [-0.2, -0.15) is 0 Å². The smallest absolute Gasteiger partial charge is 0.231 e. The minimum Gasteiger partial charge on any atom is -0.454 e. The molecular weight excluding hydrogens is 414 g/mol. The summed E-state index contributed by atoms with van der Waals surface area (Å²) in [5.41, 5.74) is 1.96. The monoisotopic (exact) mass is 431 g/mol. The van der Waals surface area contributed by atoms with Gasteiger partial charge >= 0.3 is 0 Å². The van der Waals surface area contributed by atoms with E-state index >= 15 is 0 Å². The first-order valence-electron chi connectivity index (χ1n) is 8.58. The molecule has 0 saturated heterocycles. The fourth-order valence-electron chi connectivity index (χ4n) is 2.70. The Bertz CT molecular complexity index is 1160. The number of ether oxygens (including phenoxy) is 2. The summed E-state index contributed by atoms with van der Waals surface area (Å²) < 4.78 is 33.6. The van der Waals surface area contributed by atoms with E-state index < -0.39 is 9.84 Å². The number of nitrogens with one attached hydrogen (secondary N) is 2. The fourth-order valence-corrected chi connectivity index (χ4v) is 4.06. The molecule has 0 saturated carbocycles. The van der Waals surface area contributed by atoms with E-state index in [-0.39, 0.29) is 24.0 Å². The van der Waals surface area contributed by atoms with Crippen LogP contribution in [-0.2, 0) is 21.1 Å². The molecule has 0 unspecified atom stereocenters. The van der Waals surface area contributed by atoms with E-state index in [9.17, 15) is 13.2 Å². The number of nitrogens with zero attached hydrogens (tertiary/aromatic N) is 1. The molecule has 150 valence electrons. The predicted molar refractivity (Wildman–Crippen MR) is 110 cm³/mol. The molecule has 0 fully saturated rings. The Balaban J connectivity index is 1.36. The minimum absolute atomic E-state index is 0.125. The Kier molecular flexibility index (Phi) is 5.12. The molecule has 8 nitrogen and oxygen atoms in total. The quantitative estimate of drug-likeness (QED) is 0.617. The van der Waals surface area contributed by atoms with Gasteiger partial charge in [-0.05, 0) is 36.4 Å². The lowest BCUT2D eigenvalue weighted by Crippen LogP contribution is -2.14. The Morgan fingerprint density at radius 2 is 1.83 bits per heavy atom. The van der Waals surface area contributed by atoms with Gasteiger partial charge in [0.1, 0.15) is 0 Å². The molecule has 1 amide bonds. The normalized spacial score (nSPS) is 12.6. The molecule has 0 spiro atoms. The van der Waals surface area contributed by atoms with Crippen LogP contribution in [0.5, 0.6) is 11.5 Å². The van der Waals surface area contributed by atoms with E-state index in [0.29, 0.717) is 33.7 Å². The number of aromatic nitrogens is 1. The lowest BCUT2D eigenvalue weighted by molar-refractivity contribution is -0.115. The average Bonchev–Trinajstić information content (AvgIpc) is 3.30. The first-order chi connectivity index (χ1) is 13.9. The van der Waals surface area contributed by atoms with Gasteiger partial charge in [0.2, 0.25) is 12.7 Å². The molecule has 2 N–H and O–H groups in total. The Morgan fingerprint density at radius 3 is 2.59 bits per heavy atom. The highest BCUT2D eigenvalue weighted by atomic mass is 32.2. The molecule has 0 aliphatic carbocycles. The number of fused-ring (bicyclic) bond motifs is 1. The van der Waals surface area contributed by atoms with Gasteiger partial charge in [-0.3, -0.25) is 4.79 Å². The van der Waals surface area contributed by atoms with E-state index in [1.807, 2.05) is 0 Å². The van der Waals surface area contributed by atoms with Crippen LogP contribution in [0.2, 0.25) is 0 Å². The van der Waals surface area contributed by atoms with Crippen molar-refractivity contribution in [1.29, 1.82) is 0 Å². The lowest BCUT2D eigenvalue weighted by Gasteiger charge is -2.05. The minimum atomic E-state index is -3.23. The summed E-state index contributed by atoms with van der Waals surface area (Å²) in [5, 5.41) is 8.33. The van der Waals surface area contributed by atoms with Crippen molar-refractivity contribution in [3.8, 4) is 11.5 Å². The highest BCUT2D eigenvalue weighted by Gasteiger charge is 2.15. The van der Waals surface area contributed by atoms with E-state index in [4.69, 9.17) is 9.47 Å². The number of amides is 1. The fraction of sp³-hybridized carbons (Fsp3) is 0.158. The number of thiazole rings is 1. The summed E-state index contributed by atoms with van der Waals surface area (Å²) in [6.07, 6.45) is 1.29. The third kappa shape index (κ3) is 4.66. The van der Waals surface area contributed by atoms with Gasteiger partial charge in [-0.1, -0.05) is 0 Å². The van der Waals surface area contributed by atoms with Crippen molar-refractivity contribution in [2.24, 2.45) is 0 Å². The summed E-state index contributed by atoms with van der Waals surface area (Å²) >= 11 is 1.36. The molecule has 1 aromatic heterocycles. The molecular formula is C19H17N3O5S2. The van der Waals surface area contributed by atoms with Crippen LogP contribution in [0.1, 0.15) is 5.69 Å². The van der Waals surface area contributed by atoms with E-state index in [0.717, 1.165) is 6.26 Å². The molecule has 0 bridgehead atoms. The van der Waals surface area contributed by atoms with Crippen LogP contribution in [0.25, 0.3) is 0 Å². The van der Waals surface area contributed by atoms with Crippen molar-refractivity contribution in [1.82, 2.24) is 4.98 Å². The van der Waals surface area contributed by atoms with Gasteiger partial charge in [-0.25, -0.2) is 13.4 Å². The van der Waals surface area contributed by atoms with Gasteiger partial charge in [-0.15, -0.1) is 11.3 Å². The van der Waals surface area contributed by atoms with Crippen molar-refractivity contribution in [2.75, 3.05) is 23.7 Å². The third-order valence-corrected chi connectivity index (χ3v) is 6.02. The number of benzene rings is 2. The standard InChI is InChI=1S/C19H17N3O5S2/c1-29(24,25)15-5-2-12(3-6-15)21-19-22-14(10-28-19)9-18(23)20-13-4-7-16-17(8-13)27-11-26-16/h2-8,10H,9,11H2,1H3,(H,20,23)(H,21,22). The van der Waals surface area contributed by atoms with Crippen LogP contribution in [0.15, 0.2) is 52.7 Å². The van der Waals surface area contributed by atoms with E-state index in [1.165, 1.54) is 23.5 Å². The summed E-state index contributed by atoms with van der Waals surface area (Å²) in [6, 6.07) is 11.6. The number of carbonyl (C=O) groups excluding carboxylic acids is 1. The van der Waals surface area contributed by atoms with Crippen LogP contribution in [0.4, 0.5) is 16.5 Å². The second-order valence-corrected chi connectivity index (χ2v) is 9.23. The second-order valence-electron chi connectivity index (χ2n) is 6.36. The van der Waals surface area contributed by atoms with Crippen LogP contribution >= 0.6 is 11.3 Å². The number of anilines is 3. The zero-order chi connectivity index (χ0) is 20.4. The van der Waals surface area contributed by atoms with Crippen LogP contribution < -0.4 is 20.1 Å². The Labute approximate surface area is 171 Å². The molecule has 2 aromatic carbocycles. The predicted octanol–water partition coefficient (Wildman–Crippen LogP) is 3.20. The zero-order valence-electron chi connectivity index (χ0n) is 15.3. The van der Waals surface area contributed by atoms with Crippen molar-refractivity contribution >= 4 is 43.6 Å². The topological polar surface area (TPSA) is 107 Å². The number of carbonyl (C=O) groups is 1. The molecule has 0 radical (unpaired) electrons. The van der Waals surface area contributed by atoms with E-state index in [1.54, 1.807) is 35.7 Å². The first-order valence-corrected chi connectivity index (χ1v) is 11.3. The molecule has 1 aliphatic heterocycles. The maximum absolute atomic E-state index is 12.3. The van der Waals surface area contributed by atoms with Crippen LogP contribution in [-0.4, -0.2) is 32.4 Å². The maximum atomic E-state index is 12.3. The van der Waals surface area contributed by atoms with Crippen LogP contribution in [0.3, 0.4) is 0 Å². The van der Waals surface area contributed by atoms with Crippen molar-refractivity contribution in [3.05, 3.63) is 53.5 Å². The highest BCUT2D eigenvalue weighted by molar-refractivity contribution is 7.90. The van der Waals surface area contributed by atoms with Crippen molar-refractivity contribution < 1.29 is 22.7 Å². The Hall–Kier alpha value is -3.11. The number of rotatable bonds is 6. The summed E-state index contributed by atoms with van der Waals surface area (Å²) in [5.74, 6) is 1.06. The van der Waals surface area contributed by atoms with E-state index in [2.05, 4.69) is 15.6 Å². The highest BCUT2D eigenvalue weighted by Crippen LogP contribution is 2.34. The van der Waals surface area contributed by atoms with Gasteiger partial charge in [0, 0.05) is 29.1 Å². The molecule has 2 heterocycles. The Morgan fingerprint density at radius 1 is 1.10 bits per heavy atom. The van der Waals surface area contributed by atoms with Crippen LogP contribution in [0, 0.1) is 0 Å². The van der Waals surface area contributed by atoms with Crippen molar-refractivity contribution in [2.45, 2.75) is 11.3 Å². The lowest BCUT2D eigenvalue weighted by atomic mass is 10.2. The largest absolute Gasteiger partial charge is 0.454 e. The molecule has 0 atom stereocenters. The molecule has 4 rings (SSSR count). The SMILES string of the molecule is CS(=O)(=O)c1ccc(Nc2nc(CC(=O)Nc3ccc4c(c3)OCO4)cs2)cc1. The first kappa shape index (κ1) is 19.2. The number of hydrogen-bond donors (Lipinski definition) is 2. The number of hydrogen-bond acceptors (Lipinski definition) is 8. The maximum Gasteiger partial charge on any atom is 0.231 e. The molecule has 10 heteroatoms. The third-order valence-electron chi connectivity index (χ3n) is 4.08. The molecule has 3 aromatic rings. The van der Waals surface area contributed by atoms with Crippen molar-refractivity contribution in [3.63, 3.8) is 0 Å². The summed E-state index contributed by atoms with van der Waals surface area (Å²) in [4.78, 5) is 16.9. The van der Waals surface area contributed by atoms with Gasteiger partial charge in [0.25, 0.3) is 0 Å². The second kappa shape index (κ2) is 7.72. The zero-order valence-corrected chi connectivity index (χ0v) is 17.0. The van der Waals surface area contributed by atoms with Gasteiger partial charge in [0.15, 0.2) is 26.5 Å². The summed E-state index contributed by atoms with van der Waals surface area (Å²) in [7, 11) is -3.23. The molecule has 1 aliphatic rings. The van der Waals surface area contributed by atoms with Gasteiger partial charge in [0.05, 0.1) is 17.0 Å². The van der Waals surface area contributed by atoms with Gasteiger partial charge < -0.3 is 20.1 Å².